The zero-order valence-electron chi connectivity index (χ0n) is 13.7. The second-order valence-electron chi connectivity index (χ2n) is 5.38. The van der Waals surface area contributed by atoms with Gasteiger partial charge in [0.1, 0.15) is 0 Å². The Morgan fingerprint density at radius 1 is 1.15 bits per heavy atom. The Balaban J connectivity index is 1.68. The molecule has 3 rings (SSSR count). The zero-order chi connectivity index (χ0) is 19.4. The summed E-state index contributed by atoms with van der Waals surface area (Å²) in [6.45, 7) is -0.628. The van der Waals surface area contributed by atoms with Gasteiger partial charge in [0.2, 0.25) is 0 Å². The molecule has 0 saturated carbocycles. The van der Waals surface area contributed by atoms with Gasteiger partial charge in [0.15, 0.2) is 12.3 Å². The number of benzene rings is 2. The first-order valence-corrected chi connectivity index (χ1v) is 7.64. The summed E-state index contributed by atoms with van der Waals surface area (Å²) in [5.74, 6) is -1.57. The minimum atomic E-state index is -0.892. The standard InChI is InChI=1S/C17H12N4O6/c22-14(18-10-4-3-5-11(8-10)21(25)26)9-27-17(24)15-12-6-1-2-7-13(12)16(23)20-19-15/h1-8H,9H2,(H,18,22)(H,20,23). The summed E-state index contributed by atoms with van der Waals surface area (Å²) < 4.78 is 4.92. The van der Waals surface area contributed by atoms with Crippen molar-refractivity contribution in [2.45, 2.75) is 0 Å². The van der Waals surface area contributed by atoms with Crippen LogP contribution in [0.2, 0.25) is 0 Å². The van der Waals surface area contributed by atoms with Gasteiger partial charge < -0.3 is 10.1 Å². The Bertz CT molecular complexity index is 1110. The molecule has 0 aliphatic carbocycles. The van der Waals surface area contributed by atoms with E-state index in [2.05, 4.69) is 15.5 Å². The molecule has 2 aromatic carbocycles. The van der Waals surface area contributed by atoms with E-state index in [0.717, 1.165) is 0 Å². The van der Waals surface area contributed by atoms with E-state index in [4.69, 9.17) is 4.74 Å². The number of fused-ring (bicyclic) bond motifs is 1. The molecule has 1 heterocycles. The lowest BCUT2D eigenvalue weighted by Crippen LogP contribution is -2.22. The van der Waals surface area contributed by atoms with Crippen LogP contribution >= 0.6 is 0 Å². The smallest absolute Gasteiger partial charge is 0.359 e. The Hall–Kier alpha value is -4.08. The average Bonchev–Trinajstić information content (AvgIpc) is 2.67. The van der Waals surface area contributed by atoms with Crippen LogP contribution in [0, 0.1) is 10.1 Å². The van der Waals surface area contributed by atoms with Crippen molar-refractivity contribution < 1.29 is 19.2 Å². The maximum Gasteiger partial charge on any atom is 0.359 e. The van der Waals surface area contributed by atoms with Crippen molar-refractivity contribution in [2.75, 3.05) is 11.9 Å². The first-order valence-electron chi connectivity index (χ1n) is 7.64. The van der Waals surface area contributed by atoms with Gasteiger partial charge in [-0.1, -0.05) is 24.3 Å². The van der Waals surface area contributed by atoms with Crippen molar-refractivity contribution in [1.82, 2.24) is 10.2 Å². The number of amides is 1. The monoisotopic (exact) mass is 368 g/mol. The van der Waals surface area contributed by atoms with Crippen LogP contribution in [-0.2, 0) is 9.53 Å². The Morgan fingerprint density at radius 2 is 1.89 bits per heavy atom. The second kappa shape index (κ2) is 7.44. The van der Waals surface area contributed by atoms with Gasteiger partial charge in [-0.05, 0) is 12.1 Å². The number of esters is 1. The molecule has 0 radical (unpaired) electrons. The number of carbonyl (C=O) groups excluding carboxylic acids is 2. The van der Waals surface area contributed by atoms with E-state index >= 15 is 0 Å². The highest BCUT2D eigenvalue weighted by Crippen LogP contribution is 2.17. The number of nitrogens with zero attached hydrogens (tertiary/aromatic N) is 2. The summed E-state index contributed by atoms with van der Waals surface area (Å²) in [5, 5.41) is 19.6. The first kappa shape index (κ1) is 17.7. The third-order valence-corrected chi connectivity index (χ3v) is 3.56. The van der Waals surface area contributed by atoms with E-state index in [-0.39, 0.29) is 22.5 Å². The molecule has 0 fully saturated rings. The third-order valence-electron chi connectivity index (χ3n) is 3.56. The maximum absolute atomic E-state index is 12.2. The first-order chi connectivity index (χ1) is 13.0. The summed E-state index contributed by atoms with van der Waals surface area (Å²) in [6, 6.07) is 11.7. The molecule has 27 heavy (non-hydrogen) atoms. The molecule has 1 aromatic heterocycles. The van der Waals surface area contributed by atoms with Crippen LogP contribution in [0.1, 0.15) is 10.5 Å². The van der Waals surface area contributed by atoms with Crippen LogP contribution in [0.15, 0.2) is 53.3 Å². The summed E-state index contributed by atoms with van der Waals surface area (Å²) in [7, 11) is 0. The van der Waals surface area contributed by atoms with Crippen LogP contribution in [-0.4, -0.2) is 33.6 Å². The van der Waals surface area contributed by atoms with Gasteiger partial charge in [0.05, 0.1) is 10.3 Å². The maximum atomic E-state index is 12.2. The van der Waals surface area contributed by atoms with E-state index in [0.29, 0.717) is 5.39 Å². The van der Waals surface area contributed by atoms with Crippen molar-refractivity contribution in [3.63, 3.8) is 0 Å². The van der Waals surface area contributed by atoms with E-state index < -0.39 is 29.0 Å². The van der Waals surface area contributed by atoms with Crippen LogP contribution in [0.4, 0.5) is 11.4 Å². The number of rotatable bonds is 5. The van der Waals surface area contributed by atoms with E-state index in [1.54, 1.807) is 12.1 Å². The number of non-ortho nitro benzene ring substituents is 1. The Kier molecular flexibility index (Phi) is 4.88. The van der Waals surface area contributed by atoms with E-state index in [1.165, 1.54) is 36.4 Å². The molecule has 0 saturated heterocycles. The lowest BCUT2D eigenvalue weighted by Gasteiger charge is -2.07. The summed E-state index contributed by atoms with van der Waals surface area (Å²) in [5.41, 5.74) is -0.578. The van der Waals surface area contributed by atoms with Gasteiger partial charge in [0.25, 0.3) is 17.2 Å². The van der Waals surface area contributed by atoms with Crippen molar-refractivity contribution in [3.05, 3.63) is 74.7 Å². The molecule has 0 spiro atoms. The number of ether oxygens (including phenoxy) is 1. The van der Waals surface area contributed by atoms with Gasteiger partial charge in [0, 0.05) is 23.2 Å². The largest absolute Gasteiger partial charge is 0.451 e. The molecule has 0 unspecified atom stereocenters. The molecular weight excluding hydrogens is 356 g/mol. The highest BCUT2D eigenvalue weighted by Gasteiger charge is 2.17. The minimum absolute atomic E-state index is 0.131. The number of hydrogen-bond acceptors (Lipinski definition) is 7. The van der Waals surface area contributed by atoms with Crippen molar-refractivity contribution in [1.29, 1.82) is 0 Å². The van der Waals surface area contributed by atoms with E-state index in [9.17, 15) is 24.5 Å². The fourth-order valence-electron chi connectivity index (χ4n) is 2.36. The Labute approximate surface area is 150 Å². The van der Waals surface area contributed by atoms with Gasteiger partial charge >= 0.3 is 5.97 Å². The van der Waals surface area contributed by atoms with Crippen LogP contribution in [0.5, 0.6) is 0 Å². The molecule has 136 valence electrons. The number of aromatic amines is 1. The molecule has 0 aliphatic rings. The van der Waals surface area contributed by atoms with Crippen LogP contribution < -0.4 is 10.9 Å². The normalized spacial score (nSPS) is 10.4. The highest BCUT2D eigenvalue weighted by atomic mass is 16.6. The predicted molar refractivity (Wildman–Crippen MR) is 94.4 cm³/mol. The molecule has 10 nitrogen and oxygen atoms in total. The van der Waals surface area contributed by atoms with E-state index in [1.807, 2.05) is 0 Å². The van der Waals surface area contributed by atoms with Crippen molar-refractivity contribution in [2.24, 2.45) is 0 Å². The molecule has 3 aromatic rings. The van der Waals surface area contributed by atoms with Gasteiger partial charge in [-0.25, -0.2) is 9.89 Å². The third kappa shape index (κ3) is 3.95. The molecule has 0 atom stereocenters. The Morgan fingerprint density at radius 3 is 2.63 bits per heavy atom. The number of anilines is 1. The number of aromatic nitrogens is 2. The lowest BCUT2D eigenvalue weighted by molar-refractivity contribution is -0.384. The number of nitro benzene ring substituents is 1. The molecule has 0 bridgehead atoms. The number of H-pyrrole nitrogens is 1. The average molecular weight is 368 g/mol. The van der Waals surface area contributed by atoms with Gasteiger partial charge in [-0.3, -0.25) is 19.7 Å². The van der Waals surface area contributed by atoms with Crippen molar-refractivity contribution in [3.8, 4) is 0 Å². The number of nitrogens with one attached hydrogen (secondary N) is 2. The number of nitro groups is 1. The van der Waals surface area contributed by atoms with Gasteiger partial charge in [-0.15, -0.1) is 0 Å². The fourth-order valence-corrected chi connectivity index (χ4v) is 2.36. The minimum Gasteiger partial charge on any atom is -0.451 e. The molecule has 10 heteroatoms. The fraction of sp³-hybridized carbons (Fsp3) is 0.0588. The van der Waals surface area contributed by atoms with Crippen molar-refractivity contribution >= 4 is 34.0 Å². The zero-order valence-corrected chi connectivity index (χ0v) is 13.7. The predicted octanol–water partition coefficient (Wildman–Crippen LogP) is 1.63. The number of hydrogen-bond donors (Lipinski definition) is 2. The molecule has 0 aliphatic heterocycles. The van der Waals surface area contributed by atoms with Crippen LogP contribution in [0.3, 0.4) is 0 Å². The van der Waals surface area contributed by atoms with Crippen LogP contribution in [0.25, 0.3) is 10.8 Å². The molecular formula is C17H12N4O6. The summed E-state index contributed by atoms with van der Waals surface area (Å²) >= 11 is 0. The van der Waals surface area contributed by atoms with Gasteiger partial charge in [-0.2, -0.15) is 5.10 Å². The quantitative estimate of drug-likeness (QED) is 0.395. The lowest BCUT2D eigenvalue weighted by atomic mass is 10.1. The SMILES string of the molecule is O=C(COC(=O)c1n[nH]c(=O)c2ccccc12)Nc1cccc([N+](=O)[O-])c1. The number of carbonyl (C=O) groups is 2. The molecule has 2 N–H and O–H groups in total. The topological polar surface area (TPSA) is 144 Å². The highest BCUT2D eigenvalue weighted by molar-refractivity contribution is 6.03. The summed E-state index contributed by atoms with van der Waals surface area (Å²) in [4.78, 5) is 46.0. The molecule has 1 amide bonds. The summed E-state index contributed by atoms with van der Waals surface area (Å²) in [6.07, 6.45) is 0. The second-order valence-corrected chi connectivity index (χ2v) is 5.38.